The number of furan rings is 1. The van der Waals surface area contributed by atoms with Gasteiger partial charge in [-0.05, 0) is 30.2 Å². The van der Waals surface area contributed by atoms with Crippen molar-refractivity contribution in [2.75, 3.05) is 17.7 Å². The number of hydrogen-bond donors (Lipinski definition) is 2. The Morgan fingerprint density at radius 1 is 1.07 bits per heavy atom. The number of nitrogens with one attached hydrogen (secondary N) is 2. The first-order valence-corrected chi connectivity index (χ1v) is 8.74. The average Bonchev–Trinajstić information content (AvgIpc) is 3.06. The van der Waals surface area contributed by atoms with E-state index in [4.69, 9.17) is 9.15 Å². The van der Waals surface area contributed by atoms with Crippen molar-refractivity contribution in [1.82, 2.24) is 0 Å². The first kappa shape index (κ1) is 18.5. The molecule has 3 rings (SSSR count). The second kappa shape index (κ2) is 7.95. The molecule has 2 amide bonds. The van der Waals surface area contributed by atoms with E-state index in [2.05, 4.69) is 10.6 Å². The van der Waals surface area contributed by atoms with Crippen LogP contribution in [0.2, 0.25) is 0 Å². The van der Waals surface area contributed by atoms with Gasteiger partial charge in [0, 0.05) is 23.6 Å². The van der Waals surface area contributed by atoms with Crippen LogP contribution in [0.5, 0.6) is 5.75 Å². The van der Waals surface area contributed by atoms with Gasteiger partial charge < -0.3 is 19.8 Å². The molecule has 0 aliphatic rings. The standard InChI is InChI=1S/C21H22N2O4/c1-13(2)10-20(24)22-15-8-9-16(18(12-15)26-3)23-21(25)19-11-14-6-4-5-7-17(14)27-19/h4-9,11-13H,10H2,1-3H3,(H,22,24)(H,23,25). The minimum Gasteiger partial charge on any atom is -0.494 e. The number of amides is 2. The quantitative estimate of drug-likeness (QED) is 0.664. The summed E-state index contributed by atoms with van der Waals surface area (Å²) in [6.07, 6.45) is 0.437. The third kappa shape index (κ3) is 4.47. The van der Waals surface area contributed by atoms with Crippen molar-refractivity contribution >= 4 is 34.2 Å². The smallest absolute Gasteiger partial charge is 0.291 e. The zero-order valence-electron chi connectivity index (χ0n) is 15.5. The van der Waals surface area contributed by atoms with E-state index in [0.717, 1.165) is 5.39 Å². The maximum absolute atomic E-state index is 12.5. The summed E-state index contributed by atoms with van der Waals surface area (Å²) >= 11 is 0. The predicted molar refractivity (Wildman–Crippen MR) is 105 cm³/mol. The number of hydrogen-bond acceptors (Lipinski definition) is 4. The van der Waals surface area contributed by atoms with E-state index >= 15 is 0 Å². The second-order valence-corrected chi connectivity index (χ2v) is 6.66. The van der Waals surface area contributed by atoms with E-state index in [1.165, 1.54) is 7.11 Å². The number of anilines is 2. The van der Waals surface area contributed by atoms with Crippen LogP contribution in [0, 0.1) is 5.92 Å². The van der Waals surface area contributed by atoms with Crippen LogP contribution in [0.15, 0.2) is 52.9 Å². The first-order valence-electron chi connectivity index (χ1n) is 8.74. The van der Waals surface area contributed by atoms with E-state index in [9.17, 15) is 9.59 Å². The molecule has 0 aliphatic carbocycles. The highest BCUT2D eigenvalue weighted by Gasteiger charge is 2.15. The molecular weight excluding hydrogens is 344 g/mol. The fraction of sp³-hybridized carbons (Fsp3) is 0.238. The number of carbonyl (C=O) groups excluding carboxylic acids is 2. The molecule has 3 aromatic rings. The van der Waals surface area contributed by atoms with Crippen LogP contribution in [0.25, 0.3) is 11.0 Å². The third-order valence-electron chi connectivity index (χ3n) is 3.98. The minimum atomic E-state index is -0.374. The molecule has 140 valence electrons. The molecule has 1 aromatic heterocycles. The monoisotopic (exact) mass is 366 g/mol. The van der Waals surface area contributed by atoms with Gasteiger partial charge in [-0.25, -0.2) is 0 Å². The third-order valence-corrected chi connectivity index (χ3v) is 3.98. The van der Waals surface area contributed by atoms with E-state index < -0.39 is 0 Å². The van der Waals surface area contributed by atoms with Gasteiger partial charge in [-0.3, -0.25) is 9.59 Å². The minimum absolute atomic E-state index is 0.0638. The number of ether oxygens (including phenoxy) is 1. The van der Waals surface area contributed by atoms with Crippen LogP contribution >= 0.6 is 0 Å². The fourth-order valence-corrected chi connectivity index (χ4v) is 2.73. The van der Waals surface area contributed by atoms with Gasteiger partial charge in [0.15, 0.2) is 5.76 Å². The van der Waals surface area contributed by atoms with Gasteiger partial charge in [-0.15, -0.1) is 0 Å². The molecule has 0 saturated heterocycles. The molecule has 0 atom stereocenters. The lowest BCUT2D eigenvalue weighted by molar-refractivity contribution is -0.116. The normalized spacial score (nSPS) is 10.8. The lowest BCUT2D eigenvalue weighted by atomic mass is 10.1. The molecule has 0 bridgehead atoms. The maximum atomic E-state index is 12.5. The molecule has 2 aromatic carbocycles. The summed E-state index contributed by atoms with van der Waals surface area (Å²) in [5, 5.41) is 6.47. The van der Waals surface area contributed by atoms with Crippen LogP contribution < -0.4 is 15.4 Å². The molecule has 6 heteroatoms. The topological polar surface area (TPSA) is 80.6 Å². The number of para-hydroxylation sites is 1. The zero-order valence-corrected chi connectivity index (χ0v) is 15.5. The summed E-state index contributed by atoms with van der Waals surface area (Å²) in [6.45, 7) is 3.97. The van der Waals surface area contributed by atoms with Crippen LogP contribution in [0.1, 0.15) is 30.8 Å². The second-order valence-electron chi connectivity index (χ2n) is 6.66. The Balaban J connectivity index is 1.75. The van der Waals surface area contributed by atoms with Gasteiger partial charge in [-0.1, -0.05) is 32.0 Å². The van der Waals surface area contributed by atoms with Crippen molar-refractivity contribution in [3.8, 4) is 5.75 Å². The van der Waals surface area contributed by atoms with E-state index in [-0.39, 0.29) is 23.5 Å². The van der Waals surface area contributed by atoms with Crippen molar-refractivity contribution in [3.63, 3.8) is 0 Å². The van der Waals surface area contributed by atoms with Crippen LogP contribution in [0.4, 0.5) is 11.4 Å². The van der Waals surface area contributed by atoms with Crippen molar-refractivity contribution < 1.29 is 18.7 Å². The molecule has 0 saturated carbocycles. The number of carbonyl (C=O) groups is 2. The summed E-state index contributed by atoms with van der Waals surface area (Å²) in [5.74, 6) is 0.496. The lowest BCUT2D eigenvalue weighted by Crippen LogP contribution is -2.15. The van der Waals surface area contributed by atoms with Gasteiger partial charge in [-0.2, -0.15) is 0 Å². The van der Waals surface area contributed by atoms with Gasteiger partial charge in [0.1, 0.15) is 11.3 Å². The Labute approximate surface area is 157 Å². The summed E-state index contributed by atoms with van der Waals surface area (Å²) in [5.41, 5.74) is 1.75. The summed E-state index contributed by atoms with van der Waals surface area (Å²) in [4.78, 5) is 24.4. The molecule has 2 N–H and O–H groups in total. The molecule has 0 aliphatic heterocycles. The predicted octanol–water partition coefficient (Wildman–Crippen LogP) is 4.68. The molecule has 27 heavy (non-hydrogen) atoms. The molecule has 0 fully saturated rings. The van der Waals surface area contributed by atoms with Crippen LogP contribution in [-0.4, -0.2) is 18.9 Å². The Kier molecular flexibility index (Phi) is 5.45. The van der Waals surface area contributed by atoms with Gasteiger partial charge in [0.25, 0.3) is 5.91 Å². The van der Waals surface area contributed by atoms with E-state index in [1.54, 1.807) is 30.3 Å². The SMILES string of the molecule is COc1cc(NC(=O)CC(C)C)ccc1NC(=O)c1cc2ccccc2o1. The Hall–Kier alpha value is -3.28. The maximum Gasteiger partial charge on any atom is 0.291 e. The molecule has 1 heterocycles. The first-order chi connectivity index (χ1) is 13.0. The lowest BCUT2D eigenvalue weighted by Gasteiger charge is -2.12. The molecule has 0 unspecified atom stereocenters. The Bertz CT molecular complexity index is 942. The van der Waals surface area contributed by atoms with Crippen molar-refractivity contribution in [2.45, 2.75) is 20.3 Å². The Morgan fingerprint density at radius 2 is 1.85 bits per heavy atom. The highest BCUT2D eigenvalue weighted by atomic mass is 16.5. The largest absolute Gasteiger partial charge is 0.494 e. The highest BCUT2D eigenvalue weighted by molar-refractivity contribution is 6.05. The zero-order chi connectivity index (χ0) is 19.4. The average molecular weight is 366 g/mol. The van der Waals surface area contributed by atoms with Crippen molar-refractivity contribution in [2.24, 2.45) is 5.92 Å². The van der Waals surface area contributed by atoms with E-state index in [0.29, 0.717) is 29.1 Å². The molecule has 0 radical (unpaired) electrons. The van der Waals surface area contributed by atoms with Crippen LogP contribution in [0.3, 0.4) is 0 Å². The van der Waals surface area contributed by atoms with Crippen molar-refractivity contribution in [3.05, 3.63) is 54.3 Å². The molecule has 0 spiro atoms. The Morgan fingerprint density at radius 3 is 2.56 bits per heavy atom. The number of fused-ring (bicyclic) bond motifs is 1. The van der Waals surface area contributed by atoms with Gasteiger partial charge >= 0.3 is 0 Å². The van der Waals surface area contributed by atoms with Crippen molar-refractivity contribution in [1.29, 1.82) is 0 Å². The number of rotatable bonds is 6. The molecule has 6 nitrogen and oxygen atoms in total. The molecular formula is C21H22N2O4. The van der Waals surface area contributed by atoms with Gasteiger partial charge in [0.2, 0.25) is 5.91 Å². The summed E-state index contributed by atoms with van der Waals surface area (Å²) in [7, 11) is 1.51. The van der Waals surface area contributed by atoms with Gasteiger partial charge in [0.05, 0.1) is 12.8 Å². The number of methoxy groups -OCH3 is 1. The summed E-state index contributed by atoms with van der Waals surface area (Å²) < 4.78 is 10.9. The fourth-order valence-electron chi connectivity index (χ4n) is 2.73. The number of benzene rings is 2. The van der Waals surface area contributed by atoms with Crippen LogP contribution in [-0.2, 0) is 4.79 Å². The summed E-state index contributed by atoms with van der Waals surface area (Å²) in [6, 6.07) is 14.2. The highest BCUT2D eigenvalue weighted by Crippen LogP contribution is 2.29. The van der Waals surface area contributed by atoms with E-state index in [1.807, 2.05) is 32.0 Å².